The van der Waals surface area contributed by atoms with E-state index < -0.39 is 5.60 Å². The van der Waals surface area contributed by atoms with Gasteiger partial charge in [-0.3, -0.25) is 0 Å². The number of ether oxygens (including phenoxy) is 2. The average Bonchev–Trinajstić information content (AvgIpc) is 2.79. The van der Waals surface area contributed by atoms with E-state index >= 15 is 0 Å². The highest BCUT2D eigenvalue weighted by atomic mass is 32.2. The average molecular weight is 493 g/mol. The molecule has 1 fully saturated rings. The van der Waals surface area contributed by atoms with Crippen LogP contribution in [0.4, 0.5) is 11.6 Å². The minimum Gasteiger partial charge on any atom is -0.474 e. The van der Waals surface area contributed by atoms with Crippen molar-refractivity contribution < 1.29 is 14.3 Å². The maximum Gasteiger partial charge on any atom is 0.340 e. The minimum atomic E-state index is -0.568. The van der Waals surface area contributed by atoms with E-state index in [1.165, 1.54) is 5.56 Å². The largest absolute Gasteiger partial charge is 0.474 e. The first-order chi connectivity index (χ1) is 16.8. The third-order valence-electron chi connectivity index (χ3n) is 6.99. The number of hydrogen-bond acceptors (Lipinski definition) is 8. The Hall–Kier alpha value is -2.87. The fourth-order valence-corrected chi connectivity index (χ4v) is 5.45. The summed E-state index contributed by atoms with van der Waals surface area (Å²) >= 11 is 1.90. The summed E-state index contributed by atoms with van der Waals surface area (Å²) in [5.41, 5.74) is 1.87. The monoisotopic (exact) mass is 492 g/mol. The predicted molar refractivity (Wildman–Crippen MR) is 140 cm³/mol. The first-order valence-electron chi connectivity index (χ1n) is 12.2. The van der Waals surface area contributed by atoms with E-state index in [4.69, 9.17) is 14.5 Å². The molecular formula is C27H32N4O3S. The molecule has 4 heterocycles. The normalized spacial score (nSPS) is 21.6. The molecule has 0 bridgehead atoms. The molecule has 1 saturated carbocycles. The van der Waals surface area contributed by atoms with Crippen LogP contribution in [0, 0.1) is 0 Å². The van der Waals surface area contributed by atoms with Crippen LogP contribution < -0.4 is 10.1 Å². The van der Waals surface area contributed by atoms with Gasteiger partial charge in [0.25, 0.3) is 0 Å². The third-order valence-corrected chi connectivity index (χ3v) is 8.04. The number of nitrogens with one attached hydrogen (secondary N) is 1. The number of carbonyl (C=O) groups excluding carboxylic acids is 1. The number of fused-ring (bicyclic) bond motifs is 2. The maximum atomic E-state index is 12.3. The summed E-state index contributed by atoms with van der Waals surface area (Å²) in [7, 11) is 0. The zero-order valence-electron chi connectivity index (χ0n) is 20.9. The van der Waals surface area contributed by atoms with Gasteiger partial charge in [0, 0.05) is 24.1 Å². The molecule has 0 aromatic carbocycles. The van der Waals surface area contributed by atoms with Gasteiger partial charge < -0.3 is 14.8 Å². The van der Waals surface area contributed by atoms with Crippen molar-refractivity contribution in [3.63, 3.8) is 0 Å². The fraction of sp³-hybridized carbons (Fsp3) is 0.481. The molecule has 1 N–H and O–H groups in total. The lowest BCUT2D eigenvalue weighted by atomic mass is 9.94. The van der Waals surface area contributed by atoms with Gasteiger partial charge in [0.2, 0.25) is 5.88 Å². The van der Waals surface area contributed by atoms with Crippen molar-refractivity contribution in [3.8, 4) is 5.88 Å². The molecule has 184 valence electrons. The Kier molecular flexibility index (Phi) is 6.34. The van der Waals surface area contributed by atoms with Crippen molar-refractivity contribution in [1.82, 2.24) is 15.0 Å². The highest BCUT2D eigenvalue weighted by Crippen LogP contribution is 2.37. The summed E-state index contributed by atoms with van der Waals surface area (Å²) in [5.74, 6) is 2.02. The van der Waals surface area contributed by atoms with E-state index in [0.29, 0.717) is 40.7 Å². The number of rotatable bonds is 7. The van der Waals surface area contributed by atoms with E-state index in [1.54, 1.807) is 12.1 Å². The highest BCUT2D eigenvalue weighted by Gasteiger charge is 2.33. The number of thioether (sulfide) groups is 1. The summed E-state index contributed by atoms with van der Waals surface area (Å²) in [6.07, 6.45) is 9.85. The molecule has 0 amide bonds. The van der Waals surface area contributed by atoms with Crippen LogP contribution in [0.3, 0.4) is 0 Å². The van der Waals surface area contributed by atoms with Gasteiger partial charge in [0.15, 0.2) is 0 Å². The Labute approximate surface area is 210 Å². The maximum absolute atomic E-state index is 12.3. The lowest BCUT2D eigenvalue weighted by Crippen LogP contribution is -2.36. The Bertz CT molecular complexity index is 1270. The summed E-state index contributed by atoms with van der Waals surface area (Å²) in [6.45, 7) is 8.19. The van der Waals surface area contributed by atoms with Gasteiger partial charge in [0.05, 0.1) is 16.6 Å². The first-order valence-corrected chi connectivity index (χ1v) is 13.5. The van der Waals surface area contributed by atoms with Crippen LogP contribution >= 0.6 is 11.8 Å². The molecule has 8 heteroatoms. The number of anilines is 2. The molecule has 3 aromatic rings. The SMILES string of the molecule is CCC(C)c1cnc(OC2CC(SC)C2)c2cnc(Nc3ccc4c(n3)CC(C)(C)OC4=O)cc12. The predicted octanol–water partition coefficient (Wildman–Crippen LogP) is 6.05. The number of nitrogens with zero attached hydrogens (tertiary/aromatic N) is 3. The molecule has 5 rings (SSSR count). The van der Waals surface area contributed by atoms with Gasteiger partial charge in [-0.25, -0.2) is 19.7 Å². The standard InChI is InChI=1S/C27H32N4O3S/c1-6-15(2)20-13-29-25(33-16-9-17(10-16)35-5)21-14-28-24(11-19(20)21)31-23-8-7-18-22(30-23)12-27(3,4)34-26(18)32/h7-8,11,13-17H,6,9-10,12H2,1-5H3,(H,28,30,31). The molecule has 1 atom stereocenters. The Balaban J connectivity index is 1.46. The molecule has 1 unspecified atom stereocenters. The van der Waals surface area contributed by atoms with Crippen molar-refractivity contribution in [2.24, 2.45) is 0 Å². The fourth-order valence-electron chi connectivity index (χ4n) is 4.64. The van der Waals surface area contributed by atoms with E-state index in [-0.39, 0.29) is 12.1 Å². The van der Waals surface area contributed by atoms with Gasteiger partial charge in [-0.15, -0.1) is 0 Å². The molecule has 0 saturated heterocycles. The molecular weight excluding hydrogens is 460 g/mol. The topological polar surface area (TPSA) is 86.2 Å². The molecule has 1 aliphatic heterocycles. The zero-order chi connectivity index (χ0) is 24.7. The molecule has 1 aliphatic carbocycles. The van der Waals surface area contributed by atoms with Crippen LogP contribution in [-0.4, -0.2) is 44.1 Å². The minimum absolute atomic E-state index is 0.214. The number of hydrogen-bond donors (Lipinski definition) is 1. The number of aromatic nitrogens is 3. The number of cyclic esters (lactones) is 1. The van der Waals surface area contributed by atoms with Gasteiger partial charge >= 0.3 is 5.97 Å². The Morgan fingerprint density at radius 2 is 2.00 bits per heavy atom. The summed E-state index contributed by atoms with van der Waals surface area (Å²) in [4.78, 5) is 26.4. The third kappa shape index (κ3) is 4.81. The first kappa shape index (κ1) is 23.9. The lowest BCUT2D eigenvalue weighted by molar-refractivity contribution is -0.00714. The number of esters is 1. The van der Waals surface area contributed by atoms with Crippen molar-refractivity contribution in [1.29, 1.82) is 0 Å². The van der Waals surface area contributed by atoms with Crippen molar-refractivity contribution in [2.75, 3.05) is 11.6 Å². The van der Waals surface area contributed by atoms with Crippen LogP contribution in [0.1, 0.15) is 74.5 Å². The summed E-state index contributed by atoms with van der Waals surface area (Å²) < 4.78 is 11.8. The smallest absolute Gasteiger partial charge is 0.340 e. The molecule has 2 aliphatic rings. The van der Waals surface area contributed by atoms with Crippen LogP contribution in [-0.2, 0) is 11.2 Å². The van der Waals surface area contributed by atoms with Crippen LogP contribution in [0.5, 0.6) is 5.88 Å². The second kappa shape index (κ2) is 9.30. The second-order valence-electron chi connectivity index (χ2n) is 10.2. The van der Waals surface area contributed by atoms with Gasteiger partial charge in [0.1, 0.15) is 23.3 Å². The van der Waals surface area contributed by atoms with E-state index in [1.807, 2.05) is 38.0 Å². The number of carbonyl (C=O) groups is 1. The molecule has 0 radical (unpaired) electrons. The summed E-state index contributed by atoms with van der Waals surface area (Å²) in [6, 6.07) is 5.61. The van der Waals surface area contributed by atoms with E-state index in [0.717, 1.165) is 35.7 Å². The van der Waals surface area contributed by atoms with Gasteiger partial charge in [-0.1, -0.05) is 13.8 Å². The zero-order valence-corrected chi connectivity index (χ0v) is 21.7. The van der Waals surface area contributed by atoms with E-state index in [2.05, 4.69) is 41.5 Å². The molecule has 3 aromatic heterocycles. The second-order valence-corrected chi connectivity index (χ2v) is 11.3. The Morgan fingerprint density at radius 1 is 1.20 bits per heavy atom. The molecule has 7 nitrogen and oxygen atoms in total. The van der Waals surface area contributed by atoms with Gasteiger partial charge in [-0.2, -0.15) is 11.8 Å². The Morgan fingerprint density at radius 3 is 2.74 bits per heavy atom. The molecule has 0 spiro atoms. The lowest BCUT2D eigenvalue weighted by Gasteiger charge is -2.34. The summed E-state index contributed by atoms with van der Waals surface area (Å²) in [5, 5.41) is 6.03. The van der Waals surface area contributed by atoms with Gasteiger partial charge in [-0.05, 0) is 74.4 Å². The molecule has 35 heavy (non-hydrogen) atoms. The van der Waals surface area contributed by atoms with Crippen molar-refractivity contribution in [3.05, 3.63) is 47.4 Å². The highest BCUT2D eigenvalue weighted by molar-refractivity contribution is 7.99. The van der Waals surface area contributed by atoms with Crippen molar-refractivity contribution in [2.45, 2.75) is 76.3 Å². The van der Waals surface area contributed by atoms with Crippen LogP contribution in [0.25, 0.3) is 10.8 Å². The van der Waals surface area contributed by atoms with Crippen LogP contribution in [0.15, 0.2) is 30.6 Å². The number of pyridine rings is 3. The van der Waals surface area contributed by atoms with Crippen LogP contribution in [0.2, 0.25) is 0 Å². The quantitative estimate of drug-likeness (QED) is 0.399. The van der Waals surface area contributed by atoms with Crippen molar-refractivity contribution >= 4 is 40.1 Å². The van der Waals surface area contributed by atoms with E-state index in [9.17, 15) is 4.79 Å².